The van der Waals surface area contributed by atoms with Gasteiger partial charge in [-0.05, 0) is 43.4 Å². The normalized spacial score (nSPS) is 20.5. The van der Waals surface area contributed by atoms with Crippen LogP contribution in [0.1, 0.15) is 63.4 Å². The van der Waals surface area contributed by atoms with Gasteiger partial charge in [-0.25, -0.2) is 4.39 Å². The van der Waals surface area contributed by atoms with E-state index in [1.807, 2.05) is 12.1 Å². The van der Waals surface area contributed by atoms with E-state index in [1.54, 1.807) is 4.90 Å². The highest BCUT2D eigenvalue weighted by molar-refractivity contribution is 5.85. The lowest BCUT2D eigenvalue weighted by atomic mass is 9.69. The number of hydrogen-bond acceptors (Lipinski definition) is 2. The molecule has 26 heavy (non-hydrogen) atoms. The minimum Gasteiger partial charge on any atom is -0.354 e. The first kappa shape index (κ1) is 18.9. The SMILES string of the molecule is O=C(CN1CCCCCC1=O)NCC1(c2ccc(F)cc2)CCCCC1. The zero-order chi connectivity index (χ0) is 18.4. The third-order valence-corrected chi connectivity index (χ3v) is 5.90. The van der Waals surface area contributed by atoms with Gasteiger partial charge in [0, 0.05) is 24.9 Å². The lowest BCUT2D eigenvalue weighted by Gasteiger charge is -2.38. The van der Waals surface area contributed by atoms with Crippen molar-refractivity contribution >= 4 is 11.8 Å². The number of amides is 2. The van der Waals surface area contributed by atoms with Gasteiger partial charge in [-0.1, -0.05) is 37.8 Å². The summed E-state index contributed by atoms with van der Waals surface area (Å²) in [7, 11) is 0. The van der Waals surface area contributed by atoms with Crippen molar-refractivity contribution in [1.82, 2.24) is 10.2 Å². The third-order valence-electron chi connectivity index (χ3n) is 5.90. The second kappa shape index (κ2) is 8.65. The van der Waals surface area contributed by atoms with E-state index < -0.39 is 0 Å². The third kappa shape index (κ3) is 4.63. The molecule has 2 aliphatic rings. The number of nitrogens with one attached hydrogen (secondary N) is 1. The molecule has 0 spiro atoms. The van der Waals surface area contributed by atoms with Gasteiger partial charge in [-0.2, -0.15) is 0 Å². The summed E-state index contributed by atoms with van der Waals surface area (Å²) < 4.78 is 13.3. The second-order valence-electron chi connectivity index (χ2n) is 7.75. The Kier molecular flexibility index (Phi) is 6.28. The molecule has 1 saturated carbocycles. The molecule has 5 heteroatoms. The first-order valence-electron chi connectivity index (χ1n) is 9.90. The molecule has 1 saturated heterocycles. The van der Waals surface area contributed by atoms with Crippen LogP contribution in [0.5, 0.6) is 0 Å². The highest BCUT2D eigenvalue weighted by Gasteiger charge is 2.34. The van der Waals surface area contributed by atoms with Crippen molar-refractivity contribution in [3.8, 4) is 0 Å². The Labute approximate surface area is 155 Å². The van der Waals surface area contributed by atoms with Crippen LogP contribution >= 0.6 is 0 Å². The molecular weight excluding hydrogens is 331 g/mol. The van der Waals surface area contributed by atoms with Crippen LogP contribution in [-0.4, -0.2) is 36.3 Å². The van der Waals surface area contributed by atoms with Crippen molar-refractivity contribution in [1.29, 1.82) is 0 Å². The van der Waals surface area contributed by atoms with Crippen LogP contribution < -0.4 is 5.32 Å². The van der Waals surface area contributed by atoms with Crippen molar-refractivity contribution in [2.24, 2.45) is 0 Å². The molecule has 0 aromatic heterocycles. The number of likely N-dealkylation sites (tertiary alicyclic amines) is 1. The molecule has 0 atom stereocenters. The van der Waals surface area contributed by atoms with Crippen molar-refractivity contribution in [3.05, 3.63) is 35.6 Å². The lowest BCUT2D eigenvalue weighted by Crippen LogP contribution is -2.46. The van der Waals surface area contributed by atoms with E-state index >= 15 is 0 Å². The molecule has 1 aliphatic heterocycles. The molecule has 0 radical (unpaired) electrons. The van der Waals surface area contributed by atoms with Crippen LogP contribution in [0.3, 0.4) is 0 Å². The highest BCUT2D eigenvalue weighted by atomic mass is 19.1. The number of benzene rings is 1. The average molecular weight is 360 g/mol. The molecule has 1 aromatic rings. The number of hydrogen-bond donors (Lipinski definition) is 1. The molecule has 1 aromatic carbocycles. The van der Waals surface area contributed by atoms with Gasteiger partial charge in [0.05, 0.1) is 6.54 Å². The molecule has 1 heterocycles. The number of halogens is 1. The van der Waals surface area contributed by atoms with Crippen molar-refractivity contribution in [3.63, 3.8) is 0 Å². The summed E-state index contributed by atoms with van der Waals surface area (Å²) in [6.45, 7) is 1.38. The molecule has 2 amide bonds. The van der Waals surface area contributed by atoms with E-state index in [0.717, 1.165) is 50.5 Å². The molecule has 3 rings (SSSR count). The Bertz CT molecular complexity index is 623. The van der Waals surface area contributed by atoms with Crippen LogP contribution in [0.2, 0.25) is 0 Å². The minimum atomic E-state index is -0.233. The molecular formula is C21H29FN2O2. The van der Waals surface area contributed by atoms with Crippen molar-refractivity contribution in [2.75, 3.05) is 19.6 Å². The molecule has 0 bridgehead atoms. The van der Waals surface area contributed by atoms with Gasteiger partial charge in [0.15, 0.2) is 0 Å². The molecule has 142 valence electrons. The Hall–Kier alpha value is -1.91. The predicted molar refractivity (Wildman–Crippen MR) is 99.2 cm³/mol. The van der Waals surface area contributed by atoms with Crippen molar-refractivity contribution in [2.45, 2.75) is 63.2 Å². The fourth-order valence-electron chi connectivity index (χ4n) is 4.30. The van der Waals surface area contributed by atoms with Gasteiger partial charge in [0.1, 0.15) is 5.82 Å². The van der Waals surface area contributed by atoms with Crippen molar-refractivity contribution < 1.29 is 14.0 Å². The quantitative estimate of drug-likeness (QED) is 0.873. The molecule has 0 unspecified atom stereocenters. The lowest BCUT2D eigenvalue weighted by molar-refractivity contribution is -0.135. The van der Waals surface area contributed by atoms with Gasteiger partial charge >= 0.3 is 0 Å². The first-order chi connectivity index (χ1) is 12.6. The molecule has 4 nitrogen and oxygen atoms in total. The van der Waals surface area contributed by atoms with Gasteiger partial charge in [-0.3, -0.25) is 9.59 Å². The van der Waals surface area contributed by atoms with E-state index in [4.69, 9.17) is 0 Å². The fraction of sp³-hybridized carbons (Fsp3) is 0.619. The van der Waals surface area contributed by atoms with E-state index in [1.165, 1.54) is 18.6 Å². The summed E-state index contributed by atoms with van der Waals surface area (Å²) in [5, 5.41) is 3.07. The maximum atomic E-state index is 13.3. The first-order valence-corrected chi connectivity index (χ1v) is 9.90. The highest BCUT2D eigenvalue weighted by Crippen LogP contribution is 2.39. The zero-order valence-electron chi connectivity index (χ0n) is 15.4. The number of carbonyl (C=O) groups excluding carboxylic acids is 2. The zero-order valence-corrected chi connectivity index (χ0v) is 15.4. The summed E-state index contributed by atoms with van der Waals surface area (Å²) in [4.78, 5) is 26.2. The molecule has 1 N–H and O–H groups in total. The Morgan fingerprint density at radius 1 is 1.04 bits per heavy atom. The number of rotatable bonds is 5. The average Bonchev–Trinajstić information content (AvgIpc) is 2.86. The fourth-order valence-corrected chi connectivity index (χ4v) is 4.30. The Morgan fingerprint density at radius 2 is 1.73 bits per heavy atom. The topological polar surface area (TPSA) is 49.4 Å². The van der Waals surface area contributed by atoms with Crippen LogP contribution in [-0.2, 0) is 15.0 Å². The van der Waals surface area contributed by atoms with Gasteiger partial charge in [0.2, 0.25) is 11.8 Å². The summed E-state index contributed by atoms with van der Waals surface area (Å²) in [6, 6.07) is 6.71. The summed E-state index contributed by atoms with van der Waals surface area (Å²) >= 11 is 0. The van der Waals surface area contributed by atoms with E-state index in [0.29, 0.717) is 19.5 Å². The van der Waals surface area contributed by atoms with E-state index in [-0.39, 0.29) is 29.6 Å². The standard InChI is InChI=1S/C21H29FN2O2/c22-18-10-8-17(9-11-18)21(12-4-2-5-13-21)16-23-19(25)15-24-14-6-1-3-7-20(24)26/h8-11H,1-7,12-16H2,(H,23,25). The largest absolute Gasteiger partial charge is 0.354 e. The Balaban J connectivity index is 1.63. The number of carbonyl (C=O) groups is 2. The van der Waals surface area contributed by atoms with Gasteiger partial charge in [0.25, 0.3) is 0 Å². The summed E-state index contributed by atoms with van der Waals surface area (Å²) in [6.07, 6.45) is 8.95. The molecule has 2 fully saturated rings. The monoisotopic (exact) mass is 360 g/mol. The second-order valence-corrected chi connectivity index (χ2v) is 7.75. The van der Waals surface area contributed by atoms with Crippen LogP contribution in [0, 0.1) is 5.82 Å². The maximum Gasteiger partial charge on any atom is 0.239 e. The van der Waals surface area contributed by atoms with Gasteiger partial charge < -0.3 is 10.2 Å². The Morgan fingerprint density at radius 3 is 2.46 bits per heavy atom. The van der Waals surface area contributed by atoms with E-state index in [2.05, 4.69) is 5.32 Å². The van der Waals surface area contributed by atoms with Gasteiger partial charge in [-0.15, -0.1) is 0 Å². The van der Waals surface area contributed by atoms with Crippen LogP contribution in [0.25, 0.3) is 0 Å². The van der Waals surface area contributed by atoms with Crippen LogP contribution in [0.4, 0.5) is 4.39 Å². The maximum absolute atomic E-state index is 13.3. The summed E-state index contributed by atoms with van der Waals surface area (Å²) in [5.41, 5.74) is 0.981. The van der Waals surface area contributed by atoms with Crippen LogP contribution in [0.15, 0.2) is 24.3 Å². The smallest absolute Gasteiger partial charge is 0.239 e. The summed E-state index contributed by atoms with van der Waals surface area (Å²) in [5.74, 6) is -0.237. The minimum absolute atomic E-state index is 0.0866. The molecule has 1 aliphatic carbocycles. The van der Waals surface area contributed by atoms with E-state index in [9.17, 15) is 14.0 Å². The predicted octanol–water partition coefficient (Wildman–Crippen LogP) is 3.55. The number of nitrogens with zero attached hydrogens (tertiary/aromatic N) is 1.